The quantitative estimate of drug-likeness (QED) is 0.0831. The van der Waals surface area contributed by atoms with Gasteiger partial charge >= 0.3 is 5.97 Å². The van der Waals surface area contributed by atoms with Gasteiger partial charge in [0.1, 0.15) is 0 Å². The van der Waals surface area contributed by atoms with Crippen LogP contribution in [0.1, 0.15) is 64.7 Å². The molecule has 0 fully saturated rings. The minimum Gasteiger partial charge on any atom is -0.478 e. The van der Waals surface area contributed by atoms with E-state index in [2.05, 4.69) is 16.7 Å². The standard InChI is InChI=1S/C20H32O6/c1-2-3-8-13-18(25-23)14-9-4-5-10-15-19(26-24)16-11-6-7-12-17-20(21)22/h6-7,11-12,15-18,23-24H,2-5,8-10,13-14H2,1H3,(H,21,22). The van der Waals surface area contributed by atoms with Gasteiger partial charge in [0.15, 0.2) is 5.76 Å². The molecule has 0 rings (SSSR count). The highest BCUT2D eigenvalue weighted by atomic mass is 17.1. The largest absolute Gasteiger partial charge is 0.478 e. The predicted octanol–water partition coefficient (Wildman–Crippen LogP) is 5.50. The molecule has 0 aliphatic heterocycles. The molecular formula is C20H32O6. The van der Waals surface area contributed by atoms with Crippen LogP contribution in [0.5, 0.6) is 0 Å². The number of hydrogen-bond donors (Lipinski definition) is 3. The average molecular weight is 368 g/mol. The Kier molecular flexibility index (Phi) is 16.6. The molecule has 0 saturated heterocycles. The Morgan fingerprint density at radius 1 is 0.923 bits per heavy atom. The summed E-state index contributed by atoms with van der Waals surface area (Å²) >= 11 is 0. The molecule has 0 aliphatic carbocycles. The minimum atomic E-state index is -1.00. The van der Waals surface area contributed by atoms with Crippen LogP contribution in [0.3, 0.4) is 0 Å². The van der Waals surface area contributed by atoms with Gasteiger partial charge in [-0.15, -0.1) is 0 Å². The van der Waals surface area contributed by atoms with E-state index in [0.717, 1.165) is 63.9 Å². The van der Waals surface area contributed by atoms with Gasteiger partial charge in [-0.05, 0) is 37.8 Å². The van der Waals surface area contributed by atoms with Gasteiger partial charge in [-0.3, -0.25) is 5.26 Å². The lowest BCUT2D eigenvalue weighted by molar-refractivity contribution is -0.281. The molecule has 0 saturated carbocycles. The summed E-state index contributed by atoms with van der Waals surface area (Å²) in [5.41, 5.74) is 0. The molecule has 6 heteroatoms. The summed E-state index contributed by atoms with van der Waals surface area (Å²) in [6.07, 6.45) is 19.4. The Hall–Kier alpha value is -1.89. The third-order valence-corrected chi connectivity index (χ3v) is 3.79. The molecule has 1 atom stereocenters. The third kappa shape index (κ3) is 15.6. The first-order valence-electron chi connectivity index (χ1n) is 9.20. The Labute approximate surface area is 156 Å². The van der Waals surface area contributed by atoms with E-state index in [-0.39, 0.29) is 6.10 Å². The SMILES string of the molecule is CCCCCC(CCCCCC=C(C=CC=CC=CC(=O)O)OO)OO. The van der Waals surface area contributed by atoms with E-state index in [9.17, 15) is 4.79 Å². The highest BCUT2D eigenvalue weighted by Gasteiger charge is 2.07. The van der Waals surface area contributed by atoms with Crippen molar-refractivity contribution in [3.63, 3.8) is 0 Å². The summed E-state index contributed by atoms with van der Waals surface area (Å²) in [5.74, 6) is -0.663. The molecule has 1 unspecified atom stereocenters. The molecule has 0 radical (unpaired) electrons. The molecule has 0 aromatic carbocycles. The zero-order valence-electron chi connectivity index (χ0n) is 15.5. The van der Waals surface area contributed by atoms with Gasteiger partial charge in [-0.25, -0.2) is 14.9 Å². The first-order valence-corrected chi connectivity index (χ1v) is 9.20. The van der Waals surface area contributed by atoms with Crippen molar-refractivity contribution in [3.8, 4) is 0 Å². The van der Waals surface area contributed by atoms with E-state index >= 15 is 0 Å². The number of rotatable bonds is 16. The maximum absolute atomic E-state index is 10.3. The van der Waals surface area contributed by atoms with Crippen molar-refractivity contribution in [1.29, 1.82) is 0 Å². The van der Waals surface area contributed by atoms with Crippen molar-refractivity contribution in [2.75, 3.05) is 0 Å². The summed E-state index contributed by atoms with van der Waals surface area (Å²) in [7, 11) is 0. The summed E-state index contributed by atoms with van der Waals surface area (Å²) in [6, 6.07) is 0. The number of carboxylic acids is 1. The van der Waals surface area contributed by atoms with Crippen LogP contribution < -0.4 is 0 Å². The minimum absolute atomic E-state index is 0.0710. The van der Waals surface area contributed by atoms with Crippen LogP contribution in [-0.2, 0) is 14.6 Å². The van der Waals surface area contributed by atoms with Gasteiger partial charge < -0.3 is 9.99 Å². The van der Waals surface area contributed by atoms with Gasteiger partial charge in [0.2, 0.25) is 0 Å². The van der Waals surface area contributed by atoms with Crippen molar-refractivity contribution < 1.29 is 30.2 Å². The van der Waals surface area contributed by atoms with Crippen molar-refractivity contribution >= 4 is 5.97 Å². The molecule has 0 heterocycles. The van der Waals surface area contributed by atoms with Gasteiger partial charge in [0, 0.05) is 6.08 Å². The molecule has 3 N–H and O–H groups in total. The van der Waals surface area contributed by atoms with Crippen LogP contribution in [-0.4, -0.2) is 27.7 Å². The van der Waals surface area contributed by atoms with Crippen molar-refractivity contribution in [2.24, 2.45) is 0 Å². The molecule has 6 nitrogen and oxygen atoms in total. The van der Waals surface area contributed by atoms with Gasteiger partial charge in [0.25, 0.3) is 0 Å². The van der Waals surface area contributed by atoms with Gasteiger partial charge in [-0.1, -0.05) is 63.3 Å². The lowest BCUT2D eigenvalue weighted by Gasteiger charge is -2.12. The summed E-state index contributed by atoms with van der Waals surface area (Å²) in [4.78, 5) is 19.1. The second-order valence-electron chi connectivity index (χ2n) is 6.00. The number of carboxylic acid groups (broad SMARTS) is 1. The van der Waals surface area contributed by atoms with Crippen molar-refractivity contribution in [3.05, 3.63) is 48.3 Å². The first kappa shape index (κ1) is 24.1. The topological polar surface area (TPSA) is 96.2 Å². The van der Waals surface area contributed by atoms with Crippen molar-refractivity contribution in [1.82, 2.24) is 0 Å². The number of allylic oxidation sites excluding steroid dienone is 6. The highest BCUT2D eigenvalue weighted by molar-refractivity contribution is 5.80. The van der Waals surface area contributed by atoms with E-state index in [1.807, 2.05) is 0 Å². The highest BCUT2D eigenvalue weighted by Crippen LogP contribution is 2.14. The normalized spacial score (nSPS) is 13.9. The number of carbonyl (C=O) groups is 1. The summed E-state index contributed by atoms with van der Waals surface area (Å²) in [6.45, 7) is 2.15. The maximum Gasteiger partial charge on any atom is 0.328 e. The maximum atomic E-state index is 10.3. The van der Waals surface area contributed by atoms with E-state index < -0.39 is 5.97 Å². The smallest absolute Gasteiger partial charge is 0.328 e. The van der Waals surface area contributed by atoms with E-state index in [4.69, 9.17) is 15.6 Å². The first-order chi connectivity index (χ1) is 12.6. The van der Waals surface area contributed by atoms with Gasteiger partial charge in [0.05, 0.1) is 6.10 Å². The monoisotopic (exact) mass is 368 g/mol. The molecule has 0 amide bonds. The molecular weight excluding hydrogens is 336 g/mol. The Morgan fingerprint density at radius 3 is 2.15 bits per heavy atom. The van der Waals surface area contributed by atoms with Crippen LogP contribution in [0.4, 0.5) is 0 Å². The number of hydrogen-bond acceptors (Lipinski definition) is 5. The van der Waals surface area contributed by atoms with Crippen LogP contribution in [0, 0.1) is 0 Å². The Morgan fingerprint density at radius 2 is 1.58 bits per heavy atom. The summed E-state index contributed by atoms with van der Waals surface area (Å²) in [5, 5.41) is 26.2. The second-order valence-corrected chi connectivity index (χ2v) is 6.00. The van der Waals surface area contributed by atoms with E-state index in [1.54, 1.807) is 30.4 Å². The van der Waals surface area contributed by atoms with E-state index in [1.165, 1.54) is 6.08 Å². The van der Waals surface area contributed by atoms with Crippen LogP contribution in [0.25, 0.3) is 0 Å². The average Bonchev–Trinajstić information content (AvgIpc) is 2.63. The molecule has 148 valence electrons. The van der Waals surface area contributed by atoms with E-state index in [0.29, 0.717) is 5.76 Å². The summed E-state index contributed by atoms with van der Waals surface area (Å²) < 4.78 is 0. The number of unbranched alkanes of at least 4 members (excludes halogenated alkanes) is 5. The lowest BCUT2D eigenvalue weighted by atomic mass is 10.0. The zero-order chi connectivity index (χ0) is 19.5. The Balaban J connectivity index is 3.96. The predicted molar refractivity (Wildman–Crippen MR) is 102 cm³/mol. The fraction of sp³-hybridized carbons (Fsp3) is 0.550. The van der Waals surface area contributed by atoms with Crippen LogP contribution in [0.2, 0.25) is 0 Å². The molecule has 26 heavy (non-hydrogen) atoms. The molecule has 0 spiro atoms. The lowest BCUT2D eigenvalue weighted by Crippen LogP contribution is -2.10. The fourth-order valence-corrected chi connectivity index (χ4v) is 2.36. The third-order valence-electron chi connectivity index (χ3n) is 3.79. The number of aliphatic carboxylic acids is 1. The van der Waals surface area contributed by atoms with Crippen LogP contribution in [0.15, 0.2) is 48.3 Å². The van der Waals surface area contributed by atoms with Gasteiger partial charge in [-0.2, -0.15) is 0 Å². The fourth-order valence-electron chi connectivity index (χ4n) is 2.36. The molecule has 0 aliphatic rings. The molecule has 0 aromatic rings. The molecule has 0 aromatic heterocycles. The molecule has 0 bridgehead atoms. The Bertz CT molecular complexity index is 465. The van der Waals surface area contributed by atoms with Crippen LogP contribution >= 0.6 is 0 Å². The zero-order valence-corrected chi connectivity index (χ0v) is 15.5. The van der Waals surface area contributed by atoms with Crippen molar-refractivity contribution in [2.45, 2.75) is 70.8 Å². The second kappa shape index (κ2) is 17.9.